The first-order valence-corrected chi connectivity index (χ1v) is 22.9. The van der Waals surface area contributed by atoms with Crippen molar-refractivity contribution in [2.24, 2.45) is 0 Å². The number of unbranched alkanes of at least 4 members (excludes halogenated alkanes) is 30. The van der Waals surface area contributed by atoms with Crippen molar-refractivity contribution in [1.82, 2.24) is 0 Å². The Labute approximate surface area is 340 Å². The summed E-state index contributed by atoms with van der Waals surface area (Å²) in [5.41, 5.74) is 0. The summed E-state index contributed by atoms with van der Waals surface area (Å²) in [5, 5.41) is 0. The Morgan fingerprint density at radius 3 is 0.820 bits per heavy atom. The lowest BCUT2D eigenvalue weighted by molar-refractivity contribution is -0.915. The Kier molecular flexibility index (Phi) is 45.3. The predicted octanol–water partition coefficient (Wildman–Crippen LogP) is 9.23. The molecule has 0 spiro atoms. The van der Waals surface area contributed by atoms with Crippen LogP contribution in [0.15, 0.2) is 0 Å². The van der Waals surface area contributed by atoms with Gasteiger partial charge in [0.1, 0.15) is 0 Å². The standard InChI is InChI=1S/C46H98N2.2BrH/c1-8-11-13-15-17-19-27-31-35-39-43-47(4,5)44-40-36-32-28-25-23-21-22-24-26-30-34-38-42-46(10-3)48(6,7)45-41-37-33-29-20-18-16-14-12-9-2;;/h46H,8-45H2,1-7H3;2*1H/q+2;;/p-2. The maximum Gasteiger partial charge on any atom is 0.0883 e. The maximum absolute atomic E-state index is 2.52. The number of nitrogens with zero attached hydrogens (tertiary/aromatic N) is 2. The van der Waals surface area contributed by atoms with Crippen molar-refractivity contribution in [2.75, 3.05) is 47.8 Å². The molecule has 306 valence electrons. The summed E-state index contributed by atoms with van der Waals surface area (Å²) < 4.78 is 2.50. The fourth-order valence-electron chi connectivity index (χ4n) is 8.24. The molecule has 0 amide bonds. The van der Waals surface area contributed by atoms with Crippen molar-refractivity contribution in [1.29, 1.82) is 0 Å². The van der Waals surface area contributed by atoms with Crippen LogP contribution in [-0.2, 0) is 0 Å². The zero-order chi connectivity index (χ0) is 35.4. The highest BCUT2D eigenvalue weighted by Crippen LogP contribution is 2.21. The molecule has 0 rings (SSSR count). The SMILES string of the molecule is CCCCCCCCCCCC[N+](C)(C)CCCCCCCCCCCCCCCC(CC)[N+](C)(C)CCCCCCCCCCCC.[Br-].[Br-]. The van der Waals surface area contributed by atoms with Crippen molar-refractivity contribution in [2.45, 2.75) is 252 Å². The van der Waals surface area contributed by atoms with Crippen LogP contribution >= 0.6 is 0 Å². The quantitative estimate of drug-likeness (QED) is 0.0427. The lowest BCUT2D eigenvalue weighted by atomic mass is 10.00. The summed E-state index contributed by atoms with van der Waals surface area (Å²) in [4.78, 5) is 0. The van der Waals surface area contributed by atoms with Gasteiger partial charge in [0.25, 0.3) is 0 Å². The zero-order valence-electron chi connectivity index (χ0n) is 36.1. The second kappa shape index (κ2) is 41.1. The van der Waals surface area contributed by atoms with Crippen LogP contribution in [0.2, 0.25) is 0 Å². The minimum Gasteiger partial charge on any atom is -1.00 e. The van der Waals surface area contributed by atoms with Crippen LogP contribution < -0.4 is 34.0 Å². The first-order chi connectivity index (χ1) is 23.3. The predicted molar refractivity (Wildman–Crippen MR) is 221 cm³/mol. The summed E-state index contributed by atoms with van der Waals surface area (Å²) in [7, 11) is 9.97. The van der Waals surface area contributed by atoms with Gasteiger partial charge in [0.15, 0.2) is 0 Å². The molecule has 0 aliphatic rings. The molecule has 50 heavy (non-hydrogen) atoms. The molecule has 0 saturated carbocycles. The molecule has 0 aromatic heterocycles. The van der Waals surface area contributed by atoms with Crippen molar-refractivity contribution in [3.8, 4) is 0 Å². The molecule has 0 fully saturated rings. The number of hydrogen-bond donors (Lipinski definition) is 0. The topological polar surface area (TPSA) is 0 Å². The van der Waals surface area contributed by atoms with Crippen LogP contribution in [0, 0.1) is 0 Å². The van der Waals surface area contributed by atoms with Gasteiger partial charge < -0.3 is 42.9 Å². The molecule has 0 aromatic rings. The maximum atomic E-state index is 2.52. The number of hydrogen-bond acceptors (Lipinski definition) is 0. The number of quaternary nitrogens is 2. The molecule has 1 unspecified atom stereocenters. The largest absolute Gasteiger partial charge is 1.00 e. The summed E-state index contributed by atoms with van der Waals surface area (Å²) in [6, 6.07) is 0.864. The monoisotopic (exact) mass is 837 g/mol. The normalized spacial score (nSPS) is 12.5. The Hall–Kier alpha value is 0.880. The van der Waals surface area contributed by atoms with E-state index >= 15 is 0 Å². The summed E-state index contributed by atoms with van der Waals surface area (Å²) in [6.07, 6.45) is 50.8. The van der Waals surface area contributed by atoms with Crippen LogP contribution in [0.5, 0.6) is 0 Å². The van der Waals surface area contributed by atoms with Gasteiger partial charge >= 0.3 is 0 Å². The molecule has 1 atom stereocenters. The third-order valence-electron chi connectivity index (χ3n) is 12.0. The van der Waals surface area contributed by atoms with Gasteiger partial charge in [0.05, 0.1) is 53.9 Å². The fraction of sp³-hybridized carbons (Fsp3) is 1.00. The molecule has 2 nitrogen and oxygen atoms in total. The van der Waals surface area contributed by atoms with E-state index in [0.717, 1.165) is 6.04 Å². The molecule has 0 heterocycles. The Morgan fingerprint density at radius 1 is 0.300 bits per heavy atom. The minimum absolute atomic E-state index is 0. The third-order valence-corrected chi connectivity index (χ3v) is 12.0. The molecule has 4 heteroatoms. The van der Waals surface area contributed by atoms with E-state index in [9.17, 15) is 0 Å². The second-order valence-electron chi connectivity index (χ2n) is 17.7. The van der Waals surface area contributed by atoms with E-state index in [1.54, 1.807) is 0 Å². The zero-order valence-corrected chi connectivity index (χ0v) is 39.3. The van der Waals surface area contributed by atoms with Crippen molar-refractivity contribution in [3.05, 3.63) is 0 Å². The highest BCUT2D eigenvalue weighted by Gasteiger charge is 2.25. The van der Waals surface area contributed by atoms with Crippen LogP contribution in [0.3, 0.4) is 0 Å². The first-order valence-electron chi connectivity index (χ1n) is 22.9. The van der Waals surface area contributed by atoms with Crippen molar-refractivity contribution >= 4 is 0 Å². The number of halogens is 2. The highest BCUT2D eigenvalue weighted by atomic mass is 79.9. The van der Waals surface area contributed by atoms with Crippen LogP contribution in [-0.4, -0.2) is 62.8 Å². The van der Waals surface area contributed by atoms with Crippen LogP contribution in [0.4, 0.5) is 0 Å². The van der Waals surface area contributed by atoms with Gasteiger partial charge in [-0.05, 0) is 57.8 Å². The van der Waals surface area contributed by atoms with Crippen molar-refractivity contribution in [3.63, 3.8) is 0 Å². The van der Waals surface area contributed by atoms with Crippen molar-refractivity contribution < 1.29 is 42.9 Å². The smallest absolute Gasteiger partial charge is 0.0883 e. The van der Waals surface area contributed by atoms with E-state index in [0.29, 0.717) is 0 Å². The van der Waals surface area contributed by atoms with Crippen LogP contribution in [0.1, 0.15) is 245 Å². The first kappa shape index (κ1) is 55.2. The van der Waals surface area contributed by atoms with E-state index in [4.69, 9.17) is 0 Å². The van der Waals surface area contributed by atoms with Gasteiger partial charge in [-0.3, -0.25) is 0 Å². The fourth-order valence-corrected chi connectivity index (χ4v) is 8.24. The lowest BCUT2D eigenvalue weighted by Gasteiger charge is -2.38. The summed E-state index contributed by atoms with van der Waals surface area (Å²) >= 11 is 0. The van der Waals surface area contributed by atoms with E-state index < -0.39 is 0 Å². The van der Waals surface area contributed by atoms with Gasteiger partial charge in [-0.15, -0.1) is 0 Å². The van der Waals surface area contributed by atoms with E-state index in [2.05, 4.69) is 49.0 Å². The Morgan fingerprint density at radius 2 is 0.540 bits per heavy atom. The molecule has 0 aliphatic heterocycles. The molecular weight excluding hydrogens is 740 g/mol. The molecule has 0 aromatic carbocycles. The van der Waals surface area contributed by atoms with E-state index in [1.165, 1.54) is 253 Å². The molecule has 0 aliphatic carbocycles. The number of rotatable bonds is 40. The second-order valence-corrected chi connectivity index (χ2v) is 17.7. The van der Waals surface area contributed by atoms with Gasteiger partial charge in [-0.2, -0.15) is 0 Å². The molecular formula is C46H98Br2N2. The molecule has 0 saturated heterocycles. The highest BCUT2D eigenvalue weighted by molar-refractivity contribution is 4.59. The minimum atomic E-state index is 0. The summed E-state index contributed by atoms with van der Waals surface area (Å²) in [5.74, 6) is 0. The Bertz CT molecular complexity index is 623. The van der Waals surface area contributed by atoms with Gasteiger partial charge in [0, 0.05) is 0 Å². The van der Waals surface area contributed by atoms with Gasteiger partial charge in [-0.25, -0.2) is 0 Å². The average molecular weight is 839 g/mol. The van der Waals surface area contributed by atoms with Crippen LogP contribution in [0.25, 0.3) is 0 Å². The third kappa shape index (κ3) is 38.6. The molecule has 0 radical (unpaired) electrons. The van der Waals surface area contributed by atoms with Gasteiger partial charge in [-0.1, -0.05) is 188 Å². The average Bonchev–Trinajstić information content (AvgIpc) is 3.06. The molecule has 0 bridgehead atoms. The lowest BCUT2D eigenvalue weighted by Crippen LogP contribution is -3.00. The summed E-state index contributed by atoms with van der Waals surface area (Å²) in [6.45, 7) is 11.2. The van der Waals surface area contributed by atoms with Gasteiger partial charge in [0.2, 0.25) is 0 Å². The van der Waals surface area contributed by atoms with E-state index in [1.807, 2.05) is 0 Å². The Balaban J connectivity index is -0.0000110. The molecule has 0 N–H and O–H groups in total. The van der Waals surface area contributed by atoms with E-state index in [-0.39, 0.29) is 34.0 Å².